The molecule has 0 saturated heterocycles. The van der Waals surface area contributed by atoms with Gasteiger partial charge in [-0.05, 0) is 55.9 Å². The van der Waals surface area contributed by atoms with Gasteiger partial charge in [0.25, 0.3) is 0 Å². The lowest BCUT2D eigenvalue weighted by atomic mass is 9.91. The van der Waals surface area contributed by atoms with E-state index >= 15 is 0 Å². The van der Waals surface area contributed by atoms with Crippen LogP contribution in [0.25, 0.3) is 76.9 Å². The van der Waals surface area contributed by atoms with Gasteiger partial charge in [-0.2, -0.15) is 0 Å². The smallest absolute Gasteiger partial charge is 0.143 e. The van der Waals surface area contributed by atoms with Crippen LogP contribution in [0.2, 0.25) is 0 Å². The van der Waals surface area contributed by atoms with Crippen molar-refractivity contribution in [1.29, 1.82) is 0 Å². The highest BCUT2D eigenvalue weighted by molar-refractivity contribution is 6.15. The molecule has 1 heteroatoms. The first-order valence-electron chi connectivity index (χ1n) is 13.4. The highest BCUT2D eigenvalue weighted by Crippen LogP contribution is 2.41. The molecule has 1 nitrogen and oxygen atoms in total. The molecule has 0 atom stereocenters. The fourth-order valence-corrected chi connectivity index (χ4v) is 6.04. The van der Waals surface area contributed by atoms with Crippen molar-refractivity contribution in [3.05, 3.63) is 146 Å². The van der Waals surface area contributed by atoms with E-state index in [0.29, 0.717) is 0 Å². The molecule has 0 aliphatic carbocycles. The molecule has 0 fully saturated rings. The molecule has 0 aliphatic rings. The van der Waals surface area contributed by atoms with Crippen molar-refractivity contribution in [2.75, 3.05) is 0 Å². The first-order chi connectivity index (χ1) is 19.3. The maximum Gasteiger partial charge on any atom is 0.143 e. The molecule has 39 heavy (non-hydrogen) atoms. The molecular weight excluding hydrogens is 472 g/mol. The minimum atomic E-state index is 0.927. The molecule has 0 bridgehead atoms. The Hall–Kier alpha value is -5.14. The van der Waals surface area contributed by atoms with E-state index in [-0.39, 0.29) is 0 Å². The first kappa shape index (κ1) is 21.9. The van der Waals surface area contributed by atoms with Gasteiger partial charge in [0.2, 0.25) is 0 Å². The number of fused-ring (bicyclic) bond motifs is 6. The second kappa shape index (κ2) is 8.72. The van der Waals surface area contributed by atoms with Crippen LogP contribution in [0.4, 0.5) is 0 Å². The first-order valence-corrected chi connectivity index (χ1v) is 13.4. The predicted octanol–water partition coefficient (Wildman–Crippen LogP) is 10.9. The van der Waals surface area contributed by atoms with E-state index in [1.807, 2.05) is 6.07 Å². The summed E-state index contributed by atoms with van der Waals surface area (Å²) >= 11 is 0. The van der Waals surface area contributed by atoms with Gasteiger partial charge < -0.3 is 4.42 Å². The molecule has 0 saturated carbocycles. The number of benzene rings is 7. The Morgan fingerprint density at radius 2 is 0.821 bits per heavy atom. The van der Waals surface area contributed by atoms with Crippen molar-refractivity contribution in [3.8, 4) is 33.4 Å². The van der Waals surface area contributed by atoms with Gasteiger partial charge in [-0.25, -0.2) is 0 Å². The fraction of sp³-hybridized carbons (Fsp3) is 0. The minimum absolute atomic E-state index is 0.927. The number of hydrogen-bond acceptors (Lipinski definition) is 1. The van der Waals surface area contributed by atoms with Crippen LogP contribution in [-0.2, 0) is 0 Å². The van der Waals surface area contributed by atoms with Crippen LogP contribution >= 0.6 is 0 Å². The summed E-state index contributed by atoms with van der Waals surface area (Å²) in [5, 5.41) is 7.37. The third-order valence-electron chi connectivity index (χ3n) is 7.86. The zero-order chi connectivity index (χ0) is 25.8. The topological polar surface area (TPSA) is 13.1 Å². The van der Waals surface area contributed by atoms with Crippen molar-refractivity contribution in [2.45, 2.75) is 0 Å². The summed E-state index contributed by atoms with van der Waals surface area (Å²) in [5.74, 6) is 0. The van der Waals surface area contributed by atoms with Crippen molar-refractivity contribution in [1.82, 2.24) is 0 Å². The van der Waals surface area contributed by atoms with E-state index in [1.54, 1.807) is 0 Å². The zero-order valence-electron chi connectivity index (χ0n) is 21.3. The SMILES string of the molecule is c1ccc(-c2cccc3c2oc2c(-c4cccc(-c5cc6ccccc6c6ccccc56)c4)cccc23)cc1. The molecule has 0 amide bonds. The Balaban J connectivity index is 1.34. The normalized spacial score (nSPS) is 11.6. The highest BCUT2D eigenvalue weighted by atomic mass is 16.3. The molecule has 0 unspecified atom stereocenters. The Morgan fingerprint density at radius 3 is 1.56 bits per heavy atom. The molecule has 182 valence electrons. The average molecular weight is 497 g/mol. The van der Waals surface area contributed by atoms with Crippen LogP contribution in [0, 0.1) is 0 Å². The number of rotatable bonds is 3. The lowest BCUT2D eigenvalue weighted by Gasteiger charge is -2.12. The van der Waals surface area contributed by atoms with Gasteiger partial charge in [0.1, 0.15) is 11.2 Å². The van der Waals surface area contributed by atoms with Gasteiger partial charge in [0, 0.05) is 21.9 Å². The summed E-state index contributed by atoms with van der Waals surface area (Å²) in [7, 11) is 0. The van der Waals surface area contributed by atoms with Crippen molar-refractivity contribution in [3.63, 3.8) is 0 Å². The predicted molar refractivity (Wildman–Crippen MR) is 165 cm³/mol. The summed E-state index contributed by atoms with van der Waals surface area (Å²) < 4.78 is 6.70. The summed E-state index contributed by atoms with van der Waals surface area (Å²) in [6.07, 6.45) is 0. The molecule has 0 aliphatic heterocycles. The van der Waals surface area contributed by atoms with Gasteiger partial charge in [-0.15, -0.1) is 0 Å². The fourth-order valence-electron chi connectivity index (χ4n) is 6.04. The molecule has 1 heterocycles. The van der Waals surface area contributed by atoms with Gasteiger partial charge in [0.15, 0.2) is 0 Å². The van der Waals surface area contributed by atoms with E-state index in [0.717, 1.165) is 44.2 Å². The Kier molecular flexibility index (Phi) is 4.89. The van der Waals surface area contributed by atoms with E-state index in [1.165, 1.54) is 32.7 Å². The van der Waals surface area contributed by atoms with Crippen LogP contribution in [0.15, 0.2) is 150 Å². The van der Waals surface area contributed by atoms with Gasteiger partial charge >= 0.3 is 0 Å². The van der Waals surface area contributed by atoms with Crippen LogP contribution < -0.4 is 0 Å². The molecule has 8 aromatic rings. The van der Waals surface area contributed by atoms with Crippen LogP contribution in [0.3, 0.4) is 0 Å². The van der Waals surface area contributed by atoms with Crippen molar-refractivity contribution in [2.24, 2.45) is 0 Å². The lowest BCUT2D eigenvalue weighted by Crippen LogP contribution is -1.86. The van der Waals surface area contributed by atoms with Crippen molar-refractivity contribution < 1.29 is 4.42 Å². The van der Waals surface area contributed by atoms with E-state index in [2.05, 4.69) is 140 Å². The summed E-state index contributed by atoms with van der Waals surface area (Å²) in [6, 6.07) is 51.9. The molecule has 0 radical (unpaired) electrons. The molecule has 7 aromatic carbocycles. The highest BCUT2D eigenvalue weighted by Gasteiger charge is 2.16. The lowest BCUT2D eigenvalue weighted by molar-refractivity contribution is 0.671. The van der Waals surface area contributed by atoms with E-state index < -0.39 is 0 Å². The van der Waals surface area contributed by atoms with E-state index in [4.69, 9.17) is 4.42 Å². The van der Waals surface area contributed by atoms with Crippen LogP contribution in [-0.4, -0.2) is 0 Å². The third kappa shape index (κ3) is 3.48. The van der Waals surface area contributed by atoms with Gasteiger partial charge in [-0.1, -0.05) is 133 Å². The van der Waals surface area contributed by atoms with E-state index in [9.17, 15) is 0 Å². The summed E-state index contributed by atoms with van der Waals surface area (Å²) in [4.78, 5) is 0. The quantitative estimate of drug-likeness (QED) is 0.222. The number of para-hydroxylation sites is 2. The molecule has 1 aromatic heterocycles. The van der Waals surface area contributed by atoms with Crippen molar-refractivity contribution >= 4 is 43.5 Å². The largest absolute Gasteiger partial charge is 0.455 e. The van der Waals surface area contributed by atoms with Gasteiger partial charge in [0.05, 0.1) is 0 Å². The summed E-state index contributed by atoms with van der Waals surface area (Å²) in [5.41, 5.74) is 8.84. The Labute approximate surface area is 226 Å². The van der Waals surface area contributed by atoms with Crippen LogP contribution in [0.5, 0.6) is 0 Å². The average Bonchev–Trinajstić information content (AvgIpc) is 3.40. The van der Waals surface area contributed by atoms with Gasteiger partial charge in [-0.3, -0.25) is 0 Å². The maximum absolute atomic E-state index is 6.70. The molecule has 8 rings (SSSR count). The monoisotopic (exact) mass is 496 g/mol. The summed E-state index contributed by atoms with van der Waals surface area (Å²) in [6.45, 7) is 0. The van der Waals surface area contributed by atoms with Crippen LogP contribution in [0.1, 0.15) is 0 Å². The zero-order valence-corrected chi connectivity index (χ0v) is 21.3. The number of hydrogen-bond donors (Lipinski definition) is 0. The molecule has 0 spiro atoms. The standard InChI is InChI=1S/C38H24O/c1-2-11-25(12-3-1)30-19-9-21-34-35-22-10-20-31(38(35)39-37(30)34)26-14-8-15-27(23-26)36-24-28-13-4-5-16-29(28)32-17-6-7-18-33(32)36/h1-24H. The molecule has 0 N–H and O–H groups in total. The Morgan fingerprint density at radius 1 is 0.308 bits per heavy atom. The second-order valence-corrected chi connectivity index (χ2v) is 10.1. The number of furan rings is 1. The molecular formula is C38H24O. The second-order valence-electron chi connectivity index (χ2n) is 10.1. The Bertz CT molecular complexity index is 2170. The maximum atomic E-state index is 6.70. The minimum Gasteiger partial charge on any atom is -0.455 e. The third-order valence-corrected chi connectivity index (χ3v) is 7.86.